The zero-order valence-corrected chi connectivity index (χ0v) is 29.0. The van der Waals surface area contributed by atoms with Crippen molar-refractivity contribution < 1.29 is 87.8 Å². The molecule has 2 aromatic carbocycles. The Morgan fingerprint density at radius 3 is 0.704 bits per heavy atom. The lowest BCUT2D eigenvalue weighted by molar-refractivity contribution is -0.470. The first-order chi connectivity index (χ1) is 23.3. The van der Waals surface area contributed by atoms with Crippen LogP contribution < -0.4 is 11.5 Å². The van der Waals surface area contributed by atoms with Crippen LogP contribution in [0.1, 0.15) is 74.9 Å². The average Bonchev–Trinajstić information content (AvgIpc) is 2.97. The van der Waals surface area contributed by atoms with E-state index >= 15 is 17.6 Å². The van der Waals surface area contributed by atoms with Crippen LogP contribution in [0.15, 0.2) is 24.3 Å². The van der Waals surface area contributed by atoms with E-state index in [9.17, 15) is 70.2 Å². The molecule has 2 rings (SSSR count). The number of benzene rings is 2. The molecule has 0 aliphatic carbocycles. The quantitative estimate of drug-likeness (QED) is 0.175. The molecule has 0 fully saturated rings. The number of anilines is 2. The molecular weight excluding hydrogens is 792 g/mol. The highest BCUT2D eigenvalue weighted by atomic mass is 19.4. The molecule has 0 aliphatic heterocycles. The fraction of sp³-hybridized carbons (Fsp3) is 0.625. The first-order valence-corrected chi connectivity index (χ1v) is 14.9. The van der Waals surface area contributed by atoms with Crippen LogP contribution in [-0.4, -0.2) is 47.4 Å². The summed E-state index contributed by atoms with van der Waals surface area (Å²) in [5, 5.41) is 0. The van der Waals surface area contributed by atoms with Gasteiger partial charge in [0.1, 0.15) is 0 Å². The molecule has 0 spiro atoms. The number of hydrogen-bond acceptors (Lipinski definition) is 2. The lowest BCUT2D eigenvalue weighted by Gasteiger charge is -2.45. The van der Waals surface area contributed by atoms with E-state index in [4.69, 9.17) is 11.5 Å². The maximum absolute atomic E-state index is 15.1. The number of hydrogen-bond donors (Lipinski definition) is 2. The van der Waals surface area contributed by atoms with Crippen molar-refractivity contribution in [3.05, 3.63) is 57.6 Å². The molecule has 0 unspecified atom stereocenters. The van der Waals surface area contributed by atoms with E-state index in [2.05, 4.69) is 0 Å². The van der Waals surface area contributed by atoms with Gasteiger partial charge in [-0.05, 0) is 71.2 Å². The Balaban J connectivity index is 2.83. The number of alkyl halides is 20. The summed E-state index contributed by atoms with van der Waals surface area (Å²) in [6.07, 6.45) is 0. The Bertz CT molecular complexity index is 1620. The summed E-state index contributed by atoms with van der Waals surface area (Å²) in [4.78, 5) is 0. The van der Waals surface area contributed by atoms with Gasteiger partial charge in [0.05, 0.1) is 0 Å². The number of nitrogens with two attached hydrogens (primary N) is 2. The van der Waals surface area contributed by atoms with Gasteiger partial charge in [-0.1, -0.05) is 41.5 Å². The predicted octanol–water partition coefficient (Wildman–Crippen LogP) is 12.0. The molecule has 4 N–H and O–H groups in total. The molecule has 0 atom stereocenters. The van der Waals surface area contributed by atoms with Crippen molar-refractivity contribution in [1.29, 1.82) is 0 Å². The van der Waals surface area contributed by atoms with Gasteiger partial charge in [-0.2, -0.15) is 87.8 Å². The number of halogens is 20. The van der Waals surface area contributed by atoms with E-state index in [0.717, 1.165) is 13.8 Å². The maximum Gasteiger partial charge on any atom is 0.385 e. The minimum atomic E-state index is -9.13. The highest BCUT2D eigenvalue weighted by Crippen LogP contribution is 2.67. The third-order valence-corrected chi connectivity index (χ3v) is 8.66. The second kappa shape index (κ2) is 12.6. The molecule has 310 valence electrons. The first-order valence-electron chi connectivity index (χ1n) is 14.9. The average molecular weight is 825 g/mol. The summed E-state index contributed by atoms with van der Waals surface area (Å²) in [5.41, 5.74) is 0.184. The van der Waals surface area contributed by atoms with E-state index in [0.29, 0.717) is 0 Å². The Hall–Kier alpha value is -3.36. The normalized spacial score (nSPS) is 15.6. The summed E-state index contributed by atoms with van der Waals surface area (Å²) in [5.74, 6) is -83.3. The Morgan fingerprint density at radius 2 is 0.519 bits per heavy atom. The Morgan fingerprint density at radius 1 is 0.333 bits per heavy atom. The zero-order valence-electron chi connectivity index (χ0n) is 29.0. The van der Waals surface area contributed by atoms with Gasteiger partial charge in [-0.15, -0.1) is 0 Å². The molecule has 0 saturated carbocycles. The summed E-state index contributed by atoms with van der Waals surface area (Å²) in [6, 6.07) is -0.491. The van der Waals surface area contributed by atoms with E-state index in [1.165, 1.54) is 41.5 Å². The second-order valence-electron chi connectivity index (χ2n) is 14.8. The van der Waals surface area contributed by atoms with Gasteiger partial charge in [-0.25, -0.2) is 0 Å². The Kier molecular flexibility index (Phi) is 10.9. The van der Waals surface area contributed by atoms with Crippen LogP contribution in [0.25, 0.3) is 0 Å². The summed E-state index contributed by atoms with van der Waals surface area (Å²) in [6.45, 7) is 8.56. The van der Waals surface area contributed by atoms with Gasteiger partial charge in [0.25, 0.3) is 0 Å². The lowest BCUT2D eigenvalue weighted by atomic mass is 9.80. The van der Waals surface area contributed by atoms with E-state index in [1.54, 1.807) is 0 Å². The van der Waals surface area contributed by atoms with Crippen molar-refractivity contribution in [2.45, 2.75) is 125 Å². The largest absolute Gasteiger partial charge is 0.398 e. The van der Waals surface area contributed by atoms with Crippen LogP contribution in [-0.2, 0) is 22.7 Å². The van der Waals surface area contributed by atoms with E-state index in [1.807, 2.05) is 0 Å². The minimum absolute atomic E-state index is 0.0960. The van der Waals surface area contributed by atoms with Crippen LogP contribution in [0.5, 0.6) is 0 Å². The van der Waals surface area contributed by atoms with Crippen LogP contribution in [0.2, 0.25) is 0 Å². The highest BCUT2D eigenvalue weighted by Gasteiger charge is 2.97. The minimum Gasteiger partial charge on any atom is -0.398 e. The van der Waals surface area contributed by atoms with Gasteiger partial charge in [0, 0.05) is 22.5 Å². The number of nitrogen functional groups attached to an aromatic ring is 2. The topological polar surface area (TPSA) is 52.0 Å². The Labute approximate surface area is 294 Å². The zero-order chi connectivity index (χ0) is 43.4. The molecule has 0 heterocycles. The molecule has 0 radical (unpaired) electrons. The third-order valence-electron chi connectivity index (χ3n) is 8.66. The van der Waals surface area contributed by atoms with Crippen molar-refractivity contribution in [2.75, 3.05) is 11.5 Å². The molecule has 0 aliphatic rings. The summed E-state index contributed by atoms with van der Waals surface area (Å²) >= 11 is 0. The molecule has 0 aromatic heterocycles. The van der Waals surface area contributed by atoms with Crippen molar-refractivity contribution in [2.24, 2.45) is 0 Å². The first kappa shape index (κ1) is 46.8. The summed E-state index contributed by atoms with van der Waals surface area (Å²) in [7, 11) is 0. The van der Waals surface area contributed by atoms with Crippen LogP contribution in [0.4, 0.5) is 99.2 Å². The number of rotatable bonds is 11. The monoisotopic (exact) mass is 824 g/mol. The second-order valence-corrected chi connectivity index (χ2v) is 14.8. The molecule has 0 bridgehead atoms. The van der Waals surface area contributed by atoms with Crippen LogP contribution in [0, 0.1) is 13.8 Å². The van der Waals surface area contributed by atoms with E-state index in [-0.39, 0.29) is 24.3 Å². The lowest BCUT2D eigenvalue weighted by Crippen LogP contribution is -2.76. The molecule has 54 heavy (non-hydrogen) atoms. The molecule has 22 heteroatoms. The molecule has 0 saturated heterocycles. The SMILES string of the molecule is Cc1cc(C(F)(F)C(F)(F)C(F)(F)C(F)(F)C(F)(F)C(F)(F)C(F)(F)C(F)(F)C(F)(F)C(F)(F)c2cc(C)c(N)c(C(C)(C)C)c2)cc(C(C)(C)C)c1N. The van der Waals surface area contributed by atoms with Crippen LogP contribution >= 0.6 is 0 Å². The van der Waals surface area contributed by atoms with Gasteiger partial charge >= 0.3 is 59.2 Å². The molecule has 0 amide bonds. The van der Waals surface area contributed by atoms with Gasteiger partial charge in [0.15, 0.2) is 0 Å². The van der Waals surface area contributed by atoms with Crippen molar-refractivity contribution in [1.82, 2.24) is 0 Å². The predicted molar refractivity (Wildman–Crippen MR) is 156 cm³/mol. The smallest absolute Gasteiger partial charge is 0.385 e. The van der Waals surface area contributed by atoms with Crippen molar-refractivity contribution in [3.63, 3.8) is 0 Å². The fourth-order valence-corrected chi connectivity index (χ4v) is 5.14. The third kappa shape index (κ3) is 6.18. The standard InChI is InChI=1S/C32H32F20N2/c1-13-9-15(11-17(19(13)53)21(3,4)5)23(33,34)25(37,38)27(41,42)29(45,46)31(49,50)32(51,52)30(47,48)28(43,44)26(39,40)24(35,36)16-10-14(2)20(54)18(12-16)22(6,7)8/h9-12H,53-54H2,1-8H3. The van der Waals surface area contributed by atoms with Gasteiger partial charge < -0.3 is 11.5 Å². The maximum atomic E-state index is 15.1. The molecule has 2 aromatic rings. The van der Waals surface area contributed by atoms with Crippen molar-refractivity contribution >= 4 is 11.4 Å². The van der Waals surface area contributed by atoms with Crippen molar-refractivity contribution in [3.8, 4) is 0 Å². The van der Waals surface area contributed by atoms with Gasteiger partial charge in [-0.3, -0.25) is 0 Å². The number of aryl methyl sites for hydroxylation is 2. The van der Waals surface area contributed by atoms with E-state index < -0.39 is 115 Å². The van der Waals surface area contributed by atoms with Gasteiger partial charge in [0.2, 0.25) is 0 Å². The van der Waals surface area contributed by atoms with Crippen LogP contribution in [0.3, 0.4) is 0 Å². The molecular formula is C32H32F20N2. The highest BCUT2D eigenvalue weighted by molar-refractivity contribution is 5.59. The molecule has 2 nitrogen and oxygen atoms in total. The summed E-state index contributed by atoms with van der Waals surface area (Å²) < 4.78 is 295. The fourth-order valence-electron chi connectivity index (χ4n) is 5.14.